The van der Waals surface area contributed by atoms with Crippen molar-refractivity contribution in [2.75, 3.05) is 33.2 Å². The molecular formula is C12H21N3O3. The van der Waals surface area contributed by atoms with Crippen LogP contribution in [0.3, 0.4) is 0 Å². The van der Waals surface area contributed by atoms with Crippen LogP contribution in [-0.2, 0) is 4.79 Å². The molecule has 2 aliphatic rings. The van der Waals surface area contributed by atoms with Gasteiger partial charge >= 0.3 is 12.0 Å². The monoisotopic (exact) mass is 255 g/mol. The minimum absolute atomic E-state index is 0.0225. The number of aliphatic carboxylic acids is 1. The Labute approximate surface area is 107 Å². The minimum Gasteiger partial charge on any atom is -0.481 e. The highest BCUT2D eigenvalue weighted by atomic mass is 16.4. The summed E-state index contributed by atoms with van der Waals surface area (Å²) < 4.78 is 0. The van der Waals surface area contributed by atoms with Gasteiger partial charge in [-0.2, -0.15) is 0 Å². The van der Waals surface area contributed by atoms with Crippen LogP contribution in [-0.4, -0.2) is 66.2 Å². The van der Waals surface area contributed by atoms with Crippen LogP contribution in [0, 0.1) is 5.92 Å². The van der Waals surface area contributed by atoms with Crippen molar-refractivity contribution in [2.45, 2.75) is 25.3 Å². The lowest BCUT2D eigenvalue weighted by atomic mass is 10.1. The number of piperidine rings is 1. The van der Waals surface area contributed by atoms with E-state index >= 15 is 0 Å². The second kappa shape index (κ2) is 5.56. The smallest absolute Gasteiger partial charge is 0.320 e. The van der Waals surface area contributed by atoms with E-state index in [-0.39, 0.29) is 12.1 Å². The lowest BCUT2D eigenvalue weighted by molar-refractivity contribution is -0.141. The van der Waals surface area contributed by atoms with E-state index in [1.807, 2.05) is 7.05 Å². The summed E-state index contributed by atoms with van der Waals surface area (Å²) >= 11 is 0. The Kier molecular flexibility index (Phi) is 4.06. The summed E-state index contributed by atoms with van der Waals surface area (Å²) in [5.41, 5.74) is 0. The van der Waals surface area contributed by atoms with E-state index < -0.39 is 11.9 Å². The standard InChI is InChI=1S/C12H21N3O3/c1-14(10-2-5-13-6-3-10)12(18)15-7-4-9(8-15)11(16)17/h9-10,13H,2-8H2,1H3,(H,16,17). The zero-order valence-electron chi connectivity index (χ0n) is 10.8. The first-order valence-corrected chi connectivity index (χ1v) is 6.55. The Morgan fingerprint density at radius 1 is 1.28 bits per heavy atom. The molecule has 18 heavy (non-hydrogen) atoms. The van der Waals surface area contributed by atoms with Crippen LogP contribution in [0.4, 0.5) is 4.79 Å². The molecule has 0 bridgehead atoms. The van der Waals surface area contributed by atoms with Crippen molar-refractivity contribution in [3.63, 3.8) is 0 Å². The second-order valence-corrected chi connectivity index (χ2v) is 5.14. The summed E-state index contributed by atoms with van der Waals surface area (Å²) in [7, 11) is 1.83. The fourth-order valence-corrected chi connectivity index (χ4v) is 2.71. The van der Waals surface area contributed by atoms with E-state index in [9.17, 15) is 9.59 Å². The van der Waals surface area contributed by atoms with Crippen molar-refractivity contribution >= 4 is 12.0 Å². The molecule has 0 aliphatic carbocycles. The number of carbonyl (C=O) groups is 2. The van der Waals surface area contributed by atoms with Gasteiger partial charge in [-0.3, -0.25) is 4.79 Å². The van der Waals surface area contributed by atoms with Crippen LogP contribution in [0.15, 0.2) is 0 Å². The fraction of sp³-hybridized carbons (Fsp3) is 0.833. The molecule has 2 fully saturated rings. The molecule has 102 valence electrons. The first-order chi connectivity index (χ1) is 8.59. The highest BCUT2D eigenvalue weighted by molar-refractivity contribution is 5.77. The number of hydrogen-bond donors (Lipinski definition) is 2. The van der Waals surface area contributed by atoms with Crippen LogP contribution in [0.5, 0.6) is 0 Å². The third-order valence-electron chi connectivity index (χ3n) is 3.97. The van der Waals surface area contributed by atoms with E-state index in [1.54, 1.807) is 9.80 Å². The van der Waals surface area contributed by atoms with Gasteiger partial charge in [0.05, 0.1) is 5.92 Å². The quantitative estimate of drug-likeness (QED) is 0.739. The first-order valence-electron chi connectivity index (χ1n) is 6.55. The van der Waals surface area contributed by atoms with Gasteiger partial charge < -0.3 is 20.2 Å². The third kappa shape index (κ3) is 2.75. The molecule has 0 aromatic carbocycles. The van der Waals surface area contributed by atoms with Gasteiger partial charge in [0.15, 0.2) is 0 Å². The summed E-state index contributed by atoms with van der Waals surface area (Å²) in [4.78, 5) is 26.6. The predicted molar refractivity (Wildman–Crippen MR) is 66.4 cm³/mol. The van der Waals surface area contributed by atoms with E-state index in [2.05, 4.69) is 5.32 Å². The molecule has 2 amide bonds. The van der Waals surface area contributed by atoms with Crippen LogP contribution in [0.25, 0.3) is 0 Å². The topological polar surface area (TPSA) is 72.9 Å². The van der Waals surface area contributed by atoms with Crippen LogP contribution >= 0.6 is 0 Å². The minimum atomic E-state index is -0.796. The average Bonchev–Trinajstić information content (AvgIpc) is 2.88. The zero-order valence-corrected chi connectivity index (χ0v) is 10.8. The number of urea groups is 1. The normalized spacial score (nSPS) is 25.2. The van der Waals surface area contributed by atoms with Crippen LogP contribution < -0.4 is 5.32 Å². The Morgan fingerprint density at radius 3 is 2.50 bits per heavy atom. The highest BCUT2D eigenvalue weighted by Gasteiger charge is 2.33. The molecular weight excluding hydrogens is 234 g/mol. The number of amides is 2. The Morgan fingerprint density at radius 2 is 1.94 bits per heavy atom. The molecule has 6 nitrogen and oxygen atoms in total. The van der Waals surface area contributed by atoms with Crippen molar-refractivity contribution < 1.29 is 14.7 Å². The maximum atomic E-state index is 12.3. The molecule has 0 saturated carbocycles. The Balaban J connectivity index is 1.89. The lowest BCUT2D eigenvalue weighted by Gasteiger charge is -2.34. The average molecular weight is 255 g/mol. The molecule has 2 heterocycles. The maximum Gasteiger partial charge on any atom is 0.320 e. The zero-order chi connectivity index (χ0) is 13.1. The van der Waals surface area contributed by atoms with Crippen molar-refractivity contribution in [1.82, 2.24) is 15.1 Å². The molecule has 6 heteroatoms. The number of nitrogens with zero attached hydrogens (tertiary/aromatic N) is 2. The third-order valence-corrected chi connectivity index (χ3v) is 3.97. The SMILES string of the molecule is CN(C(=O)N1CCC(C(=O)O)C1)C1CCNCC1. The predicted octanol–water partition coefficient (Wildman–Crippen LogP) is 0.197. The molecule has 0 aromatic heterocycles. The van der Waals surface area contributed by atoms with Gasteiger partial charge in [0.2, 0.25) is 0 Å². The van der Waals surface area contributed by atoms with Gasteiger partial charge in [0, 0.05) is 26.2 Å². The molecule has 0 spiro atoms. The highest BCUT2D eigenvalue weighted by Crippen LogP contribution is 2.19. The van der Waals surface area contributed by atoms with Gasteiger partial charge in [-0.25, -0.2) is 4.79 Å². The molecule has 2 saturated heterocycles. The first kappa shape index (κ1) is 13.1. The summed E-state index contributed by atoms with van der Waals surface area (Å²) in [6.45, 7) is 2.80. The summed E-state index contributed by atoms with van der Waals surface area (Å²) in [6, 6.07) is 0.258. The molecule has 1 atom stereocenters. The summed E-state index contributed by atoms with van der Waals surface area (Å²) in [6.07, 6.45) is 2.51. The molecule has 0 aromatic rings. The fourth-order valence-electron chi connectivity index (χ4n) is 2.71. The summed E-state index contributed by atoms with van der Waals surface area (Å²) in [5, 5.41) is 12.2. The lowest BCUT2D eigenvalue weighted by Crippen LogP contribution is -2.48. The van der Waals surface area contributed by atoms with Crippen molar-refractivity contribution in [1.29, 1.82) is 0 Å². The van der Waals surface area contributed by atoms with Gasteiger partial charge in [-0.05, 0) is 32.4 Å². The summed E-state index contributed by atoms with van der Waals surface area (Å²) in [5.74, 6) is -1.19. The van der Waals surface area contributed by atoms with Gasteiger partial charge in [0.1, 0.15) is 0 Å². The molecule has 0 radical (unpaired) electrons. The largest absolute Gasteiger partial charge is 0.481 e. The second-order valence-electron chi connectivity index (χ2n) is 5.14. The van der Waals surface area contributed by atoms with Crippen molar-refractivity contribution in [2.24, 2.45) is 5.92 Å². The van der Waals surface area contributed by atoms with Crippen molar-refractivity contribution in [3.8, 4) is 0 Å². The number of nitrogens with one attached hydrogen (secondary N) is 1. The van der Waals surface area contributed by atoms with Crippen LogP contribution in [0.2, 0.25) is 0 Å². The molecule has 1 unspecified atom stereocenters. The van der Waals surface area contributed by atoms with Gasteiger partial charge in [-0.1, -0.05) is 0 Å². The van der Waals surface area contributed by atoms with Gasteiger partial charge in [0.25, 0.3) is 0 Å². The Hall–Kier alpha value is -1.30. The number of carbonyl (C=O) groups excluding carboxylic acids is 1. The number of likely N-dealkylation sites (tertiary alicyclic amines) is 1. The maximum absolute atomic E-state index is 12.3. The van der Waals surface area contributed by atoms with Gasteiger partial charge in [-0.15, -0.1) is 0 Å². The Bertz CT molecular complexity index is 329. The van der Waals surface area contributed by atoms with E-state index in [1.165, 1.54) is 0 Å². The molecule has 2 N–H and O–H groups in total. The van der Waals surface area contributed by atoms with Crippen LogP contribution in [0.1, 0.15) is 19.3 Å². The van der Waals surface area contributed by atoms with E-state index in [0.29, 0.717) is 19.5 Å². The van der Waals surface area contributed by atoms with E-state index in [0.717, 1.165) is 25.9 Å². The van der Waals surface area contributed by atoms with Crippen molar-refractivity contribution in [3.05, 3.63) is 0 Å². The number of rotatable bonds is 2. The molecule has 2 rings (SSSR count). The van der Waals surface area contributed by atoms with E-state index in [4.69, 9.17) is 5.11 Å². The number of carboxylic acids is 1. The number of carboxylic acid groups (broad SMARTS) is 1. The molecule has 2 aliphatic heterocycles. The number of hydrogen-bond acceptors (Lipinski definition) is 3.